The number of benzene rings is 3. The first-order valence-corrected chi connectivity index (χ1v) is 18.4. The summed E-state index contributed by atoms with van der Waals surface area (Å²) in [7, 11) is -0.562. The predicted molar refractivity (Wildman–Crippen MR) is 179 cm³/mol. The zero-order chi connectivity index (χ0) is 29.8. The van der Waals surface area contributed by atoms with Crippen LogP contribution in [-0.2, 0) is 10.3 Å². The van der Waals surface area contributed by atoms with Gasteiger partial charge in [0.1, 0.15) is 5.54 Å². The van der Waals surface area contributed by atoms with Crippen molar-refractivity contribution in [1.29, 1.82) is 0 Å². The fourth-order valence-corrected chi connectivity index (χ4v) is 11.0. The van der Waals surface area contributed by atoms with Crippen LogP contribution in [-0.4, -0.2) is 37.2 Å². The quantitative estimate of drug-likeness (QED) is 0.125. The average Bonchev–Trinajstić information content (AvgIpc) is 3.04. The predicted octanol–water partition coefficient (Wildman–Crippen LogP) is 10.3. The third-order valence-electron chi connectivity index (χ3n) is 8.01. The molecule has 0 aliphatic carbocycles. The van der Waals surface area contributed by atoms with Crippen LogP contribution in [0.25, 0.3) is 0 Å². The lowest BCUT2D eigenvalue weighted by Gasteiger charge is -2.36. The van der Waals surface area contributed by atoms with Crippen LogP contribution in [0.1, 0.15) is 95.8 Å². The van der Waals surface area contributed by atoms with Gasteiger partial charge >= 0.3 is 0 Å². The van der Waals surface area contributed by atoms with Gasteiger partial charge in [0, 0.05) is 7.26 Å². The number of carbonyl (C=O) groups excluding carboxylic acids is 1. The van der Waals surface area contributed by atoms with E-state index >= 15 is 0 Å². The molecule has 0 aliphatic rings. The Morgan fingerprint density at radius 1 is 0.585 bits per heavy atom. The Hall–Kier alpha value is -2.51. The monoisotopic (exact) mass is 578 g/mol. The lowest BCUT2D eigenvalue weighted by Crippen LogP contribution is -2.48. The molecular formula is C37H54FNOP+. The van der Waals surface area contributed by atoms with Crippen molar-refractivity contribution in [3.8, 4) is 0 Å². The summed E-state index contributed by atoms with van der Waals surface area (Å²) < 4.78 is 13.1. The number of hydrogen-bond acceptors (Lipinski definition) is 1. The maximum atomic E-state index is 13.1. The molecule has 0 radical (unpaired) electrons. The maximum absolute atomic E-state index is 13.1. The summed E-state index contributed by atoms with van der Waals surface area (Å²) in [6, 6.07) is 28.9. The van der Waals surface area contributed by atoms with Crippen LogP contribution in [0.2, 0.25) is 0 Å². The summed E-state index contributed by atoms with van der Waals surface area (Å²) in [5, 5.41) is 2.92. The summed E-state index contributed by atoms with van der Waals surface area (Å²) in [6.07, 6.45) is 17.9. The molecule has 41 heavy (non-hydrogen) atoms. The van der Waals surface area contributed by atoms with Gasteiger partial charge < -0.3 is 5.32 Å². The van der Waals surface area contributed by atoms with Gasteiger partial charge in [-0.3, -0.25) is 4.79 Å². The standard InChI is InChI=1S/C21H18FNO.C16H36P/c22-16-20(24)23-21(17-10-4-1-5-11-17,18-12-6-2-7-13-18)19-14-8-3-9-15-19;1-5-9-13-17(14-10-6-2,15-11-7-3)16-12-8-4/h1-15H,16H2,(H,23,24);5-16H2,1-4H3/q;+1. The van der Waals surface area contributed by atoms with Gasteiger partial charge in [-0.05, 0) is 42.4 Å². The fraction of sp³-hybridized carbons (Fsp3) is 0.486. The van der Waals surface area contributed by atoms with Gasteiger partial charge in [-0.25, -0.2) is 4.39 Å². The summed E-state index contributed by atoms with van der Waals surface area (Å²) in [6.45, 7) is 8.36. The molecule has 0 unspecified atom stereocenters. The van der Waals surface area contributed by atoms with Crippen LogP contribution in [0.15, 0.2) is 91.0 Å². The molecule has 3 aromatic carbocycles. The highest BCUT2D eigenvalue weighted by Crippen LogP contribution is 2.61. The summed E-state index contributed by atoms with van der Waals surface area (Å²) in [4.78, 5) is 12.1. The molecule has 0 saturated carbocycles. The van der Waals surface area contributed by atoms with Crippen molar-refractivity contribution in [2.45, 2.75) is 84.6 Å². The summed E-state index contributed by atoms with van der Waals surface area (Å²) in [5.74, 6) is -0.647. The molecule has 3 rings (SSSR count). The largest absolute Gasteiger partial charge is 0.336 e. The molecule has 2 nitrogen and oxygen atoms in total. The molecule has 1 amide bonds. The van der Waals surface area contributed by atoms with Crippen LogP contribution in [0.3, 0.4) is 0 Å². The minimum absolute atomic E-state index is 0.562. The molecule has 0 aromatic heterocycles. The SMILES string of the molecule is CCCC[P+](CCCC)(CCCC)CCCC.O=C(CF)NC(c1ccccc1)(c1ccccc1)c1ccccc1. The highest BCUT2D eigenvalue weighted by atomic mass is 31.2. The number of hydrogen-bond donors (Lipinski definition) is 1. The van der Waals surface area contributed by atoms with Crippen molar-refractivity contribution >= 4 is 13.2 Å². The zero-order valence-electron chi connectivity index (χ0n) is 26.1. The number of alkyl halides is 1. The van der Waals surface area contributed by atoms with Crippen LogP contribution < -0.4 is 5.32 Å². The first kappa shape index (κ1) is 34.7. The van der Waals surface area contributed by atoms with E-state index < -0.39 is 25.4 Å². The Morgan fingerprint density at radius 2 is 0.878 bits per heavy atom. The fourth-order valence-electron chi connectivity index (χ4n) is 5.67. The molecular weight excluding hydrogens is 524 g/mol. The van der Waals surface area contributed by atoms with Crippen LogP contribution in [0.5, 0.6) is 0 Å². The molecule has 0 saturated heterocycles. The second-order valence-electron chi connectivity index (χ2n) is 11.2. The molecule has 3 aromatic rings. The van der Waals surface area contributed by atoms with E-state index in [1.54, 1.807) is 24.6 Å². The molecule has 0 aliphatic heterocycles. The van der Waals surface area contributed by atoms with Gasteiger partial charge in [0.25, 0.3) is 5.91 Å². The Morgan fingerprint density at radius 3 is 1.12 bits per heavy atom. The minimum Gasteiger partial charge on any atom is -0.336 e. The number of carbonyl (C=O) groups is 1. The van der Waals surface area contributed by atoms with E-state index in [2.05, 4.69) is 33.0 Å². The third kappa shape index (κ3) is 10.7. The van der Waals surface area contributed by atoms with Gasteiger partial charge in [0.2, 0.25) is 0 Å². The summed E-state index contributed by atoms with van der Waals surface area (Å²) >= 11 is 0. The molecule has 0 heterocycles. The first-order valence-electron chi connectivity index (χ1n) is 15.9. The molecule has 0 atom stereocenters. The van der Waals surface area contributed by atoms with Crippen molar-refractivity contribution in [1.82, 2.24) is 5.32 Å². The number of nitrogens with one attached hydrogen (secondary N) is 1. The van der Waals surface area contributed by atoms with Crippen molar-refractivity contribution in [2.75, 3.05) is 31.3 Å². The lowest BCUT2D eigenvalue weighted by molar-refractivity contribution is -0.123. The molecule has 0 fully saturated rings. The van der Waals surface area contributed by atoms with Crippen molar-refractivity contribution in [3.63, 3.8) is 0 Å². The Balaban J connectivity index is 0.000000307. The average molecular weight is 579 g/mol. The van der Waals surface area contributed by atoms with Gasteiger partial charge in [0.05, 0.1) is 24.6 Å². The Bertz CT molecular complexity index is 940. The van der Waals surface area contributed by atoms with Gasteiger partial charge in [-0.1, -0.05) is 144 Å². The maximum Gasteiger partial charge on any atom is 0.252 e. The van der Waals surface area contributed by atoms with E-state index in [4.69, 9.17) is 0 Å². The van der Waals surface area contributed by atoms with Crippen molar-refractivity contribution < 1.29 is 9.18 Å². The zero-order valence-corrected chi connectivity index (χ0v) is 27.0. The van der Waals surface area contributed by atoms with Crippen LogP contribution >= 0.6 is 7.26 Å². The Labute approximate surface area is 250 Å². The van der Waals surface area contributed by atoms with Gasteiger partial charge in [-0.2, -0.15) is 0 Å². The highest BCUT2D eigenvalue weighted by Gasteiger charge is 2.38. The number of amides is 1. The van der Waals surface area contributed by atoms with Gasteiger partial charge in [0.15, 0.2) is 6.67 Å². The second kappa shape index (κ2) is 19.6. The van der Waals surface area contributed by atoms with E-state index in [1.807, 2.05) is 91.0 Å². The minimum atomic E-state index is -1.06. The van der Waals surface area contributed by atoms with E-state index in [9.17, 15) is 9.18 Å². The van der Waals surface area contributed by atoms with Crippen molar-refractivity contribution in [3.05, 3.63) is 108 Å². The molecule has 0 spiro atoms. The highest BCUT2D eigenvalue weighted by molar-refractivity contribution is 7.75. The van der Waals surface area contributed by atoms with Crippen molar-refractivity contribution in [2.24, 2.45) is 0 Å². The molecule has 1 N–H and O–H groups in total. The Kier molecular flexibility index (Phi) is 16.6. The second-order valence-corrected chi connectivity index (χ2v) is 15.7. The van der Waals surface area contributed by atoms with E-state index in [1.165, 1.54) is 51.4 Å². The molecule has 4 heteroatoms. The topological polar surface area (TPSA) is 29.1 Å². The number of unbranched alkanes of at least 4 members (excludes halogenated alkanes) is 4. The third-order valence-corrected chi connectivity index (χ3v) is 13.1. The van der Waals surface area contributed by atoms with Crippen LogP contribution in [0, 0.1) is 0 Å². The molecule has 224 valence electrons. The van der Waals surface area contributed by atoms with E-state index in [-0.39, 0.29) is 0 Å². The smallest absolute Gasteiger partial charge is 0.252 e. The summed E-state index contributed by atoms with van der Waals surface area (Å²) in [5.41, 5.74) is 1.70. The molecule has 0 bridgehead atoms. The number of rotatable bonds is 17. The van der Waals surface area contributed by atoms with E-state index in [0.717, 1.165) is 16.7 Å². The first-order chi connectivity index (χ1) is 20.0. The normalized spacial score (nSPS) is 11.4. The van der Waals surface area contributed by atoms with E-state index in [0.29, 0.717) is 0 Å². The van der Waals surface area contributed by atoms with Crippen LogP contribution in [0.4, 0.5) is 4.39 Å². The number of halogens is 1. The van der Waals surface area contributed by atoms with Gasteiger partial charge in [-0.15, -0.1) is 0 Å². The lowest BCUT2D eigenvalue weighted by atomic mass is 9.77.